The number of halogens is 1. The number of likely N-dealkylation sites (tertiary alicyclic amines) is 1. The molecule has 1 aromatic rings. The first kappa shape index (κ1) is 17.2. The lowest BCUT2D eigenvalue weighted by Crippen LogP contribution is -2.43. The Labute approximate surface area is 138 Å². The summed E-state index contributed by atoms with van der Waals surface area (Å²) in [6.45, 7) is 3.42. The van der Waals surface area contributed by atoms with Gasteiger partial charge in [-0.2, -0.15) is 0 Å². The number of carbonyl (C=O) groups excluding carboxylic acids is 2. The van der Waals surface area contributed by atoms with Gasteiger partial charge in [0.05, 0.1) is 11.5 Å². The summed E-state index contributed by atoms with van der Waals surface area (Å²) in [6.07, 6.45) is 1.92. The van der Waals surface area contributed by atoms with Gasteiger partial charge in [0.1, 0.15) is 5.02 Å². The molecule has 1 aliphatic heterocycles. The maximum Gasteiger partial charge on any atom is 0.288 e. The maximum atomic E-state index is 12.1. The zero-order chi connectivity index (χ0) is 17.0. The van der Waals surface area contributed by atoms with E-state index in [1.165, 1.54) is 12.1 Å². The van der Waals surface area contributed by atoms with E-state index in [1.54, 1.807) is 4.90 Å². The van der Waals surface area contributed by atoms with Gasteiger partial charge in [-0.3, -0.25) is 19.7 Å². The zero-order valence-corrected chi connectivity index (χ0v) is 13.5. The Morgan fingerprint density at radius 1 is 1.39 bits per heavy atom. The van der Waals surface area contributed by atoms with Crippen LogP contribution in [0.25, 0.3) is 0 Å². The Morgan fingerprint density at radius 2 is 2.04 bits per heavy atom. The van der Waals surface area contributed by atoms with Crippen LogP contribution in [0.1, 0.15) is 30.1 Å². The molecule has 8 heteroatoms. The summed E-state index contributed by atoms with van der Waals surface area (Å²) in [5.74, 6) is -0.0690. The van der Waals surface area contributed by atoms with Crippen LogP contribution in [0.5, 0.6) is 0 Å². The molecule has 0 aromatic heterocycles. The smallest absolute Gasteiger partial charge is 0.288 e. The summed E-state index contributed by atoms with van der Waals surface area (Å²) in [4.78, 5) is 36.0. The average Bonchev–Trinajstić information content (AvgIpc) is 2.53. The number of nitro benzene ring substituents is 1. The van der Waals surface area contributed by atoms with Crippen molar-refractivity contribution in [1.29, 1.82) is 0 Å². The number of piperidine rings is 1. The normalized spacial score (nSPS) is 15.3. The number of nitrogens with zero attached hydrogens (tertiary/aromatic N) is 2. The van der Waals surface area contributed by atoms with E-state index >= 15 is 0 Å². The third-order valence-electron chi connectivity index (χ3n) is 3.94. The minimum atomic E-state index is -0.654. The largest absolute Gasteiger partial charge is 0.343 e. The van der Waals surface area contributed by atoms with Gasteiger partial charge >= 0.3 is 0 Å². The number of nitrogens with one attached hydrogen (secondary N) is 1. The van der Waals surface area contributed by atoms with E-state index in [9.17, 15) is 19.7 Å². The van der Waals surface area contributed by atoms with Crippen molar-refractivity contribution in [2.24, 2.45) is 5.92 Å². The first-order valence-electron chi connectivity index (χ1n) is 7.38. The third kappa shape index (κ3) is 4.41. The molecule has 1 N–H and O–H groups in total. The van der Waals surface area contributed by atoms with Crippen molar-refractivity contribution in [3.05, 3.63) is 38.9 Å². The van der Waals surface area contributed by atoms with E-state index in [0.29, 0.717) is 19.0 Å². The van der Waals surface area contributed by atoms with Gasteiger partial charge in [0.2, 0.25) is 5.91 Å². The fraction of sp³-hybridized carbons (Fsp3) is 0.467. The molecule has 1 aromatic carbocycles. The van der Waals surface area contributed by atoms with E-state index in [4.69, 9.17) is 11.6 Å². The van der Waals surface area contributed by atoms with Gasteiger partial charge < -0.3 is 10.2 Å². The summed E-state index contributed by atoms with van der Waals surface area (Å²) in [5.41, 5.74) is -0.239. The molecule has 0 unspecified atom stereocenters. The number of carbonyl (C=O) groups is 2. The molecule has 7 nitrogen and oxygen atoms in total. The molecule has 0 aliphatic carbocycles. The van der Waals surface area contributed by atoms with Gasteiger partial charge in [0.25, 0.3) is 11.6 Å². The lowest BCUT2D eigenvalue weighted by Gasteiger charge is -2.30. The van der Waals surface area contributed by atoms with Gasteiger partial charge in [-0.15, -0.1) is 0 Å². The van der Waals surface area contributed by atoms with Crippen LogP contribution in [0.15, 0.2) is 18.2 Å². The molecule has 0 radical (unpaired) electrons. The highest BCUT2D eigenvalue weighted by Gasteiger charge is 2.21. The number of rotatable bonds is 4. The number of nitro groups is 1. The van der Waals surface area contributed by atoms with Crippen LogP contribution in [0.2, 0.25) is 5.02 Å². The van der Waals surface area contributed by atoms with Crippen LogP contribution in [0, 0.1) is 16.0 Å². The molecule has 0 saturated carbocycles. The second-order valence-electron chi connectivity index (χ2n) is 5.67. The Kier molecular flexibility index (Phi) is 5.54. The van der Waals surface area contributed by atoms with Gasteiger partial charge in [-0.25, -0.2) is 0 Å². The van der Waals surface area contributed by atoms with Crippen LogP contribution < -0.4 is 5.32 Å². The molecule has 1 fully saturated rings. The number of hydrogen-bond donors (Lipinski definition) is 1. The SMILES string of the molecule is CC1CCN(C(=O)CNC(=O)c2ccc(Cl)c([N+](=O)[O-])c2)CC1. The number of benzene rings is 1. The predicted molar refractivity (Wildman–Crippen MR) is 85.4 cm³/mol. The summed E-state index contributed by atoms with van der Waals surface area (Å²) in [6, 6.07) is 3.78. The number of hydrogen-bond acceptors (Lipinski definition) is 4. The van der Waals surface area contributed by atoms with Gasteiger partial charge in [-0.1, -0.05) is 18.5 Å². The number of amides is 2. The lowest BCUT2D eigenvalue weighted by molar-refractivity contribution is -0.384. The van der Waals surface area contributed by atoms with Crippen molar-refractivity contribution in [1.82, 2.24) is 10.2 Å². The van der Waals surface area contributed by atoms with Crippen molar-refractivity contribution in [3.63, 3.8) is 0 Å². The molecule has 1 aliphatic rings. The summed E-state index contributed by atoms with van der Waals surface area (Å²) < 4.78 is 0. The quantitative estimate of drug-likeness (QED) is 0.672. The standard InChI is InChI=1S/C15H18ClN3O4/c1-10-4-6-18(7-5-10)14(20)9-17-15(21)11-2-3-12(16)13(8-11)19(22)23/h2-3,8,10H,4-7,9H2,1H3,(H,17,21). The molecule has 2 amide bonds. The van der Waals surface area contributed by atoms with Crippen molar-refractivity contribution < 1.29 is 14.5 Å². The minimum Gasteiger partial charge on any atom is -0.343 e. The van der Waals surface area contributed by atoms with Crippen molar-refractivity contribution in [2.45, 2.75) is 19.8 Å². The van der Waals surface area contributed by atoms with Crippen molar-refractivity contribution in [3.8, 4) is 0 Å². The maximum absolute atomic E-state index is 12.1. The van der Waals surface area contributed by atoms with E-state index in [1.807, 2.05) is 0 Å². The van der Waals surface area contributed by atoms with E-state index in [2.05, 4.69) is 12.2 Å². The zero-order valence-electron chi connectivity index (χ0n) is 12.8. The molecule has 0 spiro atoms. The first-order valence-corrected chi connectivity index (χ1v) is 7.76. The van der Waals surface area contributed by atoms with Crippen LogP contribution in [0.4, 0.5) is 5.69 Å². The van der Waals surface area contributed by atoms with E-state index in [0.717, 1.165) is 18.9 Å². The van der Waals surface area contributed by atoms with Crippen LogP contribution in [0.3, 0.4) is 0 Å². The van der Waals surface area contributed by atoms with Crippen LogP contribution in [-0.2, 0) is 4.79 Å². The van der Waals surface area contributed by atoms with Crippen molar-refractivity contribution in [2.75, 3.05) is 19.6 Å². The molecule has 0 atom stereocenters. The molecule has 1 saturated heterocycles. The minimum absolute atomic E-state index is 0.0370. The van der Waals surface area contributed by atoms with Crippen LogP contribution in [-0.4, -0.2) is 41.3 Å². The Balaban J connectivity index is 1.93. The molecule has 23 heavy (non-hydrogen) atoms. The Morgan fingerprint density at radius 3 is 2.65 bits per heavy atom. The second kappa shape index (κ2) is 7.41. The fourth-order valence-corrected chi connectivity index (χ4v) is 2.61. The third-order valence-corrected chi connectivity index (χ3v) is 4.26. The van der Waals surface area contributed by atoms with Crippen LogP contribution >= 0.6 is 11.6 Å². The Bertz CT molecular complexity index is 627. The molecule has 124 valence electrons. The molecule has 0 bridgehead atoms. The molecule has 2 rings (SSSR count). The topological polar surface area (TPSA) is 92.6 Å². The first-order chi connectivity index (χ1) is 10.9. The van der Waals surface area contributed by atoms with Gasteiger partial charge in [-0.05, 0) is 30.9 Å². The second-order valence-corrected chi connectivity index (χ2v) is 6.08. The van der Waals surface area contributed by atoms with E-state index < -0.39 is 10.8 Å². The average molecular weight is 340 g/mol. The summed E-state index contributed by atoms with van der Waals surface area (Å²) >= 11 is 5.70. The lowest BCUT2D eigenvalue weighted by atomic mass is 9.99. The monoisotopic (exact) mass is 339 g/mol. The van der Waals surface area contributed by atoms with Gasteiger partial charge in [0, 0.05) is 24.7 Å². The van der Waals surface area contributed by atoms with Crippen molar-refractivity contribution >= 4 is 29.1 Å². The summed E-state index contributed by atoms with van der Waals surface area (Å²) in [5, 5.41) is 13.3. The molecule has 1 heterocycles. The molecular weight excluding hydrogens is 322 g/mol. The highest BCUT2D eigenvalue weighted by molar-refractivity contribution is 6.32. The fourth-order valence-electron chi connectivity index (χ4n) is 2.42. The van der Waals surface area contributed by atoms with E-state index in [-0.39, 0.29) is 28.7 Å². The highest BCUT2D eigenvalue weighted by Crippen LogP contribution is 2.25. The van der Waals surface area contributed by atoms with Gasteiger partial charge in [0.15, 0.2) is 0 Å². The summed E-state index contributed by atoms with van der Waals surface area (Å²) in [7, 11) is 0. The Hall–Kier alpha value is -2.15. The molecular formula is C15H18ClN3O4. The predicted octanol–water partition coefficient (Wildman–Crippen LogP) is 2.24. The highest BCUT2D eigenvalue weighted by atomic mass is 35.5.